The van der Waals surface area contributed by atoms with Crippen molar-refractivity contribution >= 4 is 63.3 Å². The first-order valence-electron chi connectivity index (χ1n) is 8.31. The minimum absolute atomic E-state index is 0.0916. The number of hydrogen-bond acceptors (Lipinski definition) is 6. The van der Waals surface area contributed by atoms with E-state index in [1.165, 1.54) is 34.9 Å². The zero-order chi connectivity index (χ0) is 20.5. The third kappa shape index (κ3) is 3.82. The number of rotatable bonds is 4. The summed E-state index contributed by atoms with van der Waals surface area (Å²) in [5, 5.41) is 11.3. The molecule has 6 nitrogen and oxygen atoms in total. The highest BCUT2D eigenvalue weighted by molar-refractivity contribution is 8.27. The average Bonchev–Trinajstić information content (AvgIpc) is 3.27. The number of thioether (sulfide) groups is 1. The summed E-state index contributed by atoms with van der Waals surface area (Å²) in [5.74, 6) is 0.539. The Kier molecular flexibility index (Phi) is 5.23. The van der Waals surface area contributed by atoms with Crippen molar-refractivity contribution in [3.8, 4) is 11.3 Å². The second-order valence-electron chi connectivity index (χ2n) is 5.98. The van der Waals surface area contributed by atoms with Crippen LogP contribution in [0.1, 0.15) is 5.76 Å². The van der Waals surface area contributed by atoms with Gasteiger partial charge in [0.25, 0.3) is 11.6 Å². The molecule has 1 saturated heterocycles. The zero-order valence-electron chi connectivity index (χ0n) is 14.6. The monoisotopic (exact) mass is 442 g/mol. The van der Waals surface area contributed by atoms with Crippen LogP contribution in [0.5, 0.6) is 0 Å². The number of anilines is 1. The number of nitro benzene ring substituents is 1. The molecule has 0 bridgehead atoms. The fraction of sp³-hybridized carbons (Fsp3) is 0. The van der Waals surface area contributed by atoms with Crippen molar-refractivity contribution in [3.63, 3.8) is 0 Å². The van der Waals surface area contributed by atoms with Crippen molar-refractivity contribution in [1.29, 1.82) is 0 Å². The smallest absolute Gasteiger partial charge is 0.270 e. The first-order chi connectivity index (χ1) is 13.9. The minimum atomic E-state index is -0.501. The van der Waals surface area contributed by atoms with Crippen LogP contribution < -0.4 is 4.90 Å². The van der Waals surface area contributed by atoms with E-state index >= 15 is 0 Å². The number of nitrogens with zero attached hydrogens (tertiary/aromatic N) is 2. The van der Waals surface area contributed by atoms with Crippen LogP contribution >= 0.6 is 35.6 Å². The van der Waals surface area contributed by atoms with Gasteiger partial charge in [0.05, 0.1) is 20.5 Å². The van der Waals surface area contributed by atoms with E-state index in [9.17, 15) is 14.9 Å². The summed E-state index contributed by atoms with van der Waals surface area (Å²) < 4.78 is 6.19. The second kappa shape index (κ2) is 7.82. The van der Waals surface area contributed by atoms with E-state index < -0.39 is 4.92 Å². The lowest BCUT2D eigenvalue weighted by Gasteiger charge is -2.13. The lowest BCUT2D eigenvalue weighted by Crippen LogP contribution is -2.27. The molecule has 0 spiro atoms. The van der Waals surface area contributed by atoms with Crippen LogP contribution in [0.25, 0.3) is 17.4 Å². The summed E-state index contributed by atoms with van der Waals surface area (Å²) in [7, 11) is 0. The molecule has 0 aliphatic carbocycles. The van der Waals surface area contributed by atoms with Crippen LogP contribution in [0.15, 0.2) is 70.0 Å². The average molecular weight is 443 g/mol. The Morgan fingerprint density at radius 2 is 1.90 bits per heavy atom. The largest absolute Gasteiger partial charge is 0.457 e. The third-order valence-corrected chi connectivity index (χ3v) is 5.77. The van der Waals surface area contributed by atoms with Gasteiger partial charge in [0, 0.05) is 23.8 Å². The SMILES string of the molecule is O=C1/C(=C\c2ccc(-c3cc([N+](=O)[O-])ccc3Cl)o2)SC(=S)N1c1ccccc1. The molecule has 2 heterocycles. The summed E-state index contributed by atoms with van der Waals surface area (Å²) >= 11 is 12.7. The number of hydrogen-bond donors (Lipinski definition) is 0. The molecule has 0 saturated carbocycles. The number of carbonyl (C=O) groups excluding carboxylic acids is 1. The van der Waals surface area contributed by atoms with Gasteiger partial charge < -0.3 is 4.42 Å². The Balaban J connectivity index is 1.64. The Morgan fingerprint density at radius 3 is 2.62 bits per heavy atom. The fourth-order valence-electron chi connectivity index (χ4n) is 2.79. The maximum Gasteiger partial charge on any atom is 0.270 e. The third-order valence-electron chi connectivity index (χ3n) is 4.13. The molecule has 0 radical (unpaired) electrons. The molecule has 0 N–H and O–H groups in total. The van der Waals surface area contributed by atoms with Crippen LogP contribution in [0.2, 0.25) is 5.02 Å². The van der Waals surface area contributed by atoms with Gasteiger partial charge in [-0.1, -0.05) is 53.8 Å². The Morgan fingerprint density at radius 1 is 1.14 bits per heavy atom. The number of non-ortho nitro benzene ring substituents is 1. The van der Waals surface area contributed by atoms with Gasteiger partial charge in [-0.3, -0.25) is 19.8 Å². The number of amides is 1. The van der Waals surface area contributed by atoms with Crippen molar-refractivity contribution in [2.45, 2.75) is 0 Å². The molecule has 1 aliphatic rings. The molecule has 9 heteroatoms. The molecule has 1 aromatic heterocycles. The standard InChI is InChI=1S/C20H11ClN2O4S2/c21-16-8-6-13(23(25)26)10-15(16)17-9-7-14(27-17)11-18-19(24)22(20(28)29-18)12-4-2-1-3-5-12/h1-11H/b18-11+. The number of nitro groups is 1. The van der Waals surface area contributed by atoms with Gasteiger partial charge in [-0.15, -0.1) is 0 Å². The fourth-order valence-corrected chi connectivity index (χ4v) is 4.28. The molecule has 4 rings (SSSR count). The maximum absolute atomic E-state index is 12.8. The van der Waals surface area contributed by atoms with Gasteiger partial charge in [0.1, 0.15) is 11.5 Å². The van der Waals surface area contributed by atoms with E-state index in [0.717, 1.165) is 0 Å². The summed E-state index contributed by atoms with van der Waals surface area (Å²) in [6, 6.07) is 16.6. The molecule has 144 valence electrons. The van der Waals surface area contributed by atoms with E-state index in [1.807, 2.05) is 30.3 Å². The number of benzene rings is 2. The van der Waals surface area contributed by atoms with Gasteiger partial charge in [-0.05, 0) is 30.3 Å². The van der Waals surface area contributed by atoms with Gasteiger partial charge in [0.15, 0.2) is 4.32 Å². The van der Waals surface area contributed by atoms with E-state index in [1.54, 1.807) is 18.2 Å². The molecule has 3 aromatic rings. The number of furan rings is 1. The highest BCUT2D eigenvalue weighted by Crippen LogP contribution is 2.37. The van der Waals surface area contributed by atoms with Crippen LogP contribution in [0.4, 0.5) is 11.4 Å². The predicted octanol–water partition coefficient (Wildman–Crippen LogP) is 5.91. The summed E-state index contributed by atoms with van der Waals surface area (Å²) in [6.45, 7) is 0. The first kappa shape index (κ1) is 19.4. The number of para-hydroxylation sites is 1. The van der Waals surface area contributed by atoms with Gasteiger partial charge >= 0.3 is 0 Å². The van der Waals surface area contributed by atoms with E-state index in [0.29, 0.717) is 37.0 Å². The summed E-state index contributed by atoms with van der Waals surface area (Å²) in [6.07, 6.45) is 1.59. The highest BCUT2D eigenvalue weighted by Gasteiger charge is 2.33. The molecule has 1 aliphatic heterocycles. The quantitative estimate of drug-likeness (QED) is 0.216. The van der Waals surface area contributed by atoms with Gasteiger partial charge in [-0.25, -0.2) is 0 Å². The Labute approximate surface area is 179 Å². The minimum Gasteiger partial charge on any atom is -0.457 e. The number of thiocarbonyl (C=S) groups is 1. The van der Waals surface area contributed by atoms with Crippen LogP contribution in [0, 0.1) is 10.1 Å². The molecule has 2 aromatic carbocycles. The summed E-state index contributed by atoms with van der Waals surface area (Å²) in [4.78, 5) is 25.2. The first-order valence-corrected chi connectivity index (χ1v) is 9.91. The zero-order valence-corrected chi connectivity index (χ0v) is 17.0. The molecule has 0 atom stereocenters. The second-order valence-corrected chi connectivity index (χ2v) is 8.06. The Bertz CT molecular complexity index is 1170. The van der Waals surface area contributed by atoms with Crippen molar-refractivity contribution in [2.75, 3.05) is 4.90 Å². The van der Waals surface area contributed by atoms with Crippen molar-refractivity contribution in [2.24, 2.45) is 0 Å². The van der Waals surface area contributed by atoms with Crippen LogP contribution in [-0.2, 0) is 4.79 Å². The number of halogens is 1. The Hall–Kier alpha value is -2.94. The van der Waals surface area contributed by atoms with Gasteiger partial charge in [-0.2, -0.15) is 0 Å². The topological polar surface area (TPSA) is 76.6 Å². The molecule has 29 heavy (non-hydrogen) atoms. The lowest BCUT2D eigenvalue weighted by atomic mass is 10.1. The van der Waals surface area contributed by atoms with E-state index in [-0.39, 0.29) is 11.6 Å². The lowest BCUT2D eigenvalue weighted by molar-refractivity contribution is -0.384. The van der Waals surface area contributed by atoms with Crippen molar-refractivity contribution < 1.29 is 14.1 Å². The van der Waals surface area contributed by atoms with E-state index in [2.05, 4.69) is 0 Å². The van der Waals surface area contributed by atoms with Crippen LogP contribution in [-0.4, -0.2) is 15.2 Å². The van der Waals surface area contributed by atoms with E-state index in [4.69, 9.17) is 28.2 Å². The van der Waals surface area contributed by atoms with Crippen LogP contribution in [0.3, 0.4) is 0 Å². The molecule has 1 amide bonds. The normalized spacial score (nSPS) is 15.3. The van der Waals surface area contributed by atoms with Crippen molar-refractivity contribution in [1.82, 2.24) is 0 Å². The highest BCUT2D eigenvalue weighted by atomic mass is 35.5. The van der Waals surface area contributed by atoms with Crippen molar-refractivity contribution in [3.05, 3.63) is 86.5 Å². The predicted molar refractivity (Wildman–Crippen MR) is 118 cm³/mol. The maximum atomic E-state index is 12.8. The summed E-state index contributed by atoms with van der Waals surface area (Å²) in [5.41, 5.74) is 1.00. The molecule has 1 fully saturated rings. The van der Waals surface area contributed by atoms with Gasteiger partial charge in [0.2, 0.25) is 0 Å². The molecular weight excluding hydrogens is 432 g/mol. The number of carbonyl (C=O) groups is 1. The molecular formula is C20H11ClN2O4S2. The molecule has 0 unspecified atom stereocenters.